The summed E-state index contributed by atoms with van der Waals surface area (Å²) in [6, 6.07) is 2.70. The minimum atomic E-state index is -0.904. The fourth-order valence-electron chi connectivity index (χ4n) is 0.992. The van der Waals surface area contributed by atoms with Gasteiger partial charge in [0.1, 0.15) is 11.4 Å². The molecule has 0 aliphatic heterocycles. The second kappa shape index (κ2) is 4.50. The molecule has 0 heterocycles. The predicted molar refractivity (Wildman–Crippen MR) is 49.0 cm³/mol. The van der Waals surface area contributed by atoms with E-state index in [2.05, 4.69) is 4.74 Å². The molecule has 0 saturated heterocycles. The van der Waals surface area contributed by atoms with Crippen molar-refractivity contribution in [2.24, 2.45) is 0 Å². The zero-order valence-corrected chi connectivity index (χ0v) is 7.90. The summed E-state index contributed by atoms with van der Waals surface area (Å²) in [6.45, 7) is 1.65. The molecule has 6 heteroatoms. The smallest absolute Gasteiger partial charge is 0.341 e. The quantitative estimate of drug-likeness (QED) is 0.437. The van der Waals surface area contributed by atoms with Crippen LogP contribution in [-0.2, 0) is 4.74 Å². The normalized spacial score (nSPS) is 9.73. The molecule has 0 bridgehead atoms. The first-order valence-electron chi connectivity index (χ1n) is 4.17. The van der Waals surface area contributed by atoms with E-state index in [9.17, 15) is 19.3 Å². The van der Waals surface area contributed by atoms with E-state index in [-0.39, 0.29) is 12.3 Å². The van der Waals surface area contributed by atoms with Crippen LogP contribution in [0.3, 0.4) is 0 Å². The van der Waals surface area contributed by atoms with E-state index in [1.807, 2.05) is 0 Å². The van der Waals surface area contributed by atoms with Gasteiger partial charge in [0.15, 0.2) is 0 Å². The van der Waals surface area contributed by atoms with Crippen LogP contribution in [0.2, 0.25) is 0 Å². The molecule has 0 amide bonds. The Morgan fingerprint density at radius 2 is 2.27 bits per heavy atom. The number of carbonyl (C=O) groups excluding carboxylic acids is 1. The van der Waals surface area contributed by atoms with Crippen LogP contribution in [0.4, 0.5) is 10.1 Å². The number of esters is 1. The van der Waals surface area contributed by atoms with Gasteiger partial charge in [0.05, 0.1) is 11.5 Å². The Morgan fingerprint density at radius 1 is 1.60 bits per heavy atom. The molecule has 1 rings (SSSR count). The topological polar surface area (TPSA) is 69.4 Å². The first-order valence-corrected chi connectivity index (χ1v) is 4.17. The van der Waals surface area contributed by atoms with Crippen molar-refractivity contribution >= 4 is 11.7 Å². The number of benzene rings is 1. The van der Waals surface area contributed by atoms with Gasteiger partial charge in [-0.3, -0.25) is 10.1 Å². The van der Waals surface area contributed by atoms with Crippen LogP contribution in [0.5, 0.6) is 0 Å². The lowest BCUT2D eigenvalue weighted by Gasteiger charge is -2.02. The number of non-ortho nitro benzene ring substituents is 1. The van der Waals surface area contributed by atoms with Gasteiger partial charge < -0.3 is 4.74 Å². The van der Waals surface area contributed by atoms with Crippen molar-refractivity contribution in [2.45, 2.75) is 6.92 Å². The maximum atomic E-state index is 13.1. The van der Waals surface area contributed by atoms with Gasteiger partial charge in [-0.05, 0) is 13.0 Å². The van der Waals surface area contributed by atoms with Gasteiger partial charge in [-0.25, -0.2) is 9.18 Å². The molecule has 80 valence electrons. The molecule has 5 nitrogen and oxygen atoms in total. The summed E-state index contributed by atoms with van der Waals surface area (Å²) in [5.74, 6) is -1.74. The molecule has 0 spiro atoms. The molecule has 0 aliphatic rings. The third-order valence-electron chi connectivity index (χ3n) is 1.66. The highest BCUT2D eigenvalue weighted by atomic mass is 19.1. The van der Waals surface area contributed by atoms with Gasteiger partial charge in [-0.2, -0.15) is 0 Å². The Bertz CT molecular complexity index is 405. The Labute approximate surface area is 84.6 Å². The van der Waals surface area contributed by atoms with Gasteiger partial charge in [-0.15, -0.1) is 0 Å². The van der Waals surface area contributed by atoms with Crippen molar-refractivity contribution < 1.29 is 18.8 Å². The summed E-state index contributed by atoms with van der Waals surface area (Å²) in [7, 11) is 0. The van der Waals surface area contributed by atoms with Crippen LogP contribution >= 0.6 is 0 Å². The number of halogens is 1. The standard InChI is InChI=1S/C9H8FNO4/c1-2-15-9(12)7-5-6(11(13)14)3-4-8(7)10/h3-5H,2H2,1H3. The first-order chi connectivity index (χ1) is 7.06. The van der Waals surface area contributed by atoms with E-state index >= 15 is 0 Å². The molecule has 0 aliphatic carbocycles. The fourth-order valence-corrected chi connectivity index (χ4v) is 0.992. The number of hydrogen-bond donors (Lipinski definition) is 0. The lowest BCUT2D eigenvalue weighted by atomic mass is 10.2. The third kappa shape index (κ3) is 2.49. The Balaban J connectivity index is 3.10. The molecule has 0 aromatic heterocycles. The van der Waals surface area contributed by atoms with E-state index in [1.165, 1.54) is 0 Å². The highest BCUT2D eigenvalue weighted by Gasteiger charge is 2.17. The Morgan fingerprint density at radius 3 is 2.80 bits per heavy atom. The number of carbonyl (C=O) groups is 1. The van der Waals surface area contributed by atoms with Crippen LogP contribution in [0, 0.1) is 15.9 Å². The summed E-state index contributed by atoms with van der Waals surface area (Å²) in [6.07, 6.45) is 0. The van der Waals surface area contributed by atoms with Gasteiger partial charge in [0, 0.05) is 12.1 Å². The largest absolute Gasteiger partial charge is 0.462 e. The van der Waals surface area contributed by atoms with E-state index in [0.29, 0.717) is 0 Å². The molecule has 0 unspecified atom stereocenters. The molecule has 15 heavy (non-hydrogen) atoms. The number of nitro groups is 1. The van der Waals surface area contributed by atoms with Crippen molar-refractivity contribution in [3.05, 3.63) is 39.7 Å². The minimum Gasteiger partial charge on any atom is -0.462 e. The van der Waals surface area contributed by atoms with Crippen LogP contribution < -0.4 is 0 Å². The SMILES string of the molecule is CCOC(=O)c1cc([N+](=O)[O-])ccc1F. The van der Waals surface area contributed by atoms with Crippen molar-refractivity contribution in [3.8, 4) is 0 Å². The number of nitrogens with zero attached hydrogens (tertiary/aromatic N) is 1. The molecular weight excluding hydrogens is 205 g/mol. The molecule has 1 aromatic carbocycles. The number of rotatable bonds is 3. The van der Waals surface area contributed by atoms with Gasteiger partial charge in [-0.1, -0.05) is 0 Å². The number of ether oxygens (including phenoxy) is 1. The zero-order chi connectivity index (χ0) is 11.4. The zero-order valence-electron chi connectivity index (χ0n) is 7.90. The van der Waals surface area contributed by atoms with Crippen molar-refractivity contribution in [3.63, 3.8) is 0 Å². The van der Waals surface area contributed by atoms with Gasteiger partial charge >= 0.3 is 5.97 Å². The molecule has 0 saturated carbocycles. The molecule has 1 aromatic rings. The van der Waals surface area contributed by atoms with Crippen molar-refractivity contribution in [1.82, 2.24) is 0 Å². The van der Waals surface area contributed by atoms with Gasteiger partial charge in [0.25, 0.3) is 5.69 Å². The molecular formula is C9H8FNO4. The average molecular weight is 213 g/mol. The van der Waals surface area contributed by atoms with Crippen LogP contribution in [0.1, 0.15) is 17.3 Å². The maximum absolute atomic E-state index is 13.1. The van der Waals surface area contributed by atoms with Crippen molar-refractivity contribution in [2.75, 3.05) is 6.61 Å². The summed E-state index contributed by atoms with van der Waals surface area (Å²) < 4.78 is 17.6. The highest BCUT2D eigenvalue weighted by molar-refractivity contribution is 5.90. The average Bonchev–Trinajstić information content (AvgIpc) is 2.18. The van der Waals surface area contributed by atoms with Crippen LogP contribution in [0.15, 0.2) is 18.2 Å². The summed E-state index contributed by atoms with van der Waals surface area (Å²) in [4.78, 5) is 20.8. The first kappa shape index (κ1) is 11.1. The molecule has 0 radical (unpaired) electrons. The lowest BCUT2D eigenvalue weighted by Crippen LogP contribution is -2.07. The van der Waals surface area contributed by atoms with E-state index in [1.54, 1.807) is 6.92 Å². The Hall–Kier alpha value is -1.98. The predicted octanol–water partition coefficient (Wildman–Crippen LogP) is 1.91. The molecule has 0 atom stereocenters. The van der Waals surface area contributed by atoms with E-state index in [4.69, 9.17) is 0 Å². The number of nitro benzene ring substituents is 1. The van der Waals surface area contributed by atoms with Crippen LogP contribution in [-0.4, -0.2) is 17.5 Å². The second-order valence-electron chi connectivity index (χ2n) is 2.64. The van der Waals surface area contributed by atoms with Crippen molar-refractivity contribution in [1.29, 1.82) is 0 Å². The maximum Gasteiger partial charge on any atom is 0.341 e. The summed E-state index contributed by atoms with van der Waals surface area (Å²) >= 11 is 0. The number of hydrogen-bond acceptors (Lipinski definition) is 4. The Kier molecular flexibility index (Phi) is 3.33. The molecule has 0 fully saturated rings. The fraction of sp³-hybridized carbons (Fsp3) is 0.222. The van der Waals surface area contributed by atoms with Crippen LogP contribution in [0.25, 0.3) is 0 Å². The second-order valence-corrected chi connectivity index (χ2v) is 2.64. The highest BCUT2D eigenvalue weighted by Crippen LogP contribution is 2.17. The summed E-state index contributed by atoms with van der Waals surface area (Å²) in [5.41, 5.74) is -0.773. The van der Waals surface area contributed by atoms with E-state index in [0.717, 1.165) is 18.2 Å². The summed E-state index contributed by atoms with van der Waals surface area (Å²) in [5, 5.41) is 10.4. The van der Waals surface area contributed by atoms with E-state index < -0.39 is 22.3 Å². The third-order valence-corrected chi connectivity index (χ3v) is 1.66. The molecule has 0 N–H and O–H groups in total. The lowest BCUT2D eigenvalue weighted by molar-refractivity contribution is -0.384. The minimum absolute atomic E-state index is 0.0843. The van der Waals surface area contributed by atoms with Gasteiger partial charge in [0.2, 0.25) is 0 Å². The monoisotopic (exact) mass is 213 g/mol.